The summed E-state index contributed by atoms with van der Waals surface area (Å²) in [7, 11) is 0. The van der Waals surface area contributed by atoms with E-state index < -0.39 is 17.8 Å². The minimum Gasteiger partial charge on any atom is -0.391 e. The van der Waals surface area contributed by atoms with E-state index in [2.05, 4.69) is 10.6 Å². The van der Waals surface area contributed by atoms with Crippen molar-refractivity contribution in [2.45, 2.75) is 19.4 Å². The zero-order valence-corrected chi connectivity index (χ0v) is 14.8. The molecule has 3 unspecified atom stereocenters. The predicted molar refractivity (Wildman–Crippen MR) is 94.2 cm³/mol. The zero-order valence-electron chi connectivity index (χ0n) is 14.0. The number of aryl methyl sites for hydroxylation is 1. The average Bonchev–Trinajstić information content (AvgIpc) is 3.11. The maximum absolute atomic E-state index is 14.1. The van der Waals surface area contributed by atoms with Crippen molar-refractivity contribution in [2.24, 2.45) is 11.8 Å². The molecule has 6 nitrogen and oxygen atoms in total. The highest BCUT2D eigenvalue weighted by Gasteiger charge is 2.36. The van der Waals surface area contributed by atoms with Gasteiger partial charge in [0.05, 0.1) is 17.7 Å². The van der Waals surface area contributed by atoms with Crippen molar-refractivity contribution in [1.29, 1.82) is 0 Å². The number of amides is 2. The molecule has 2 amide bonds. The van der Waals surface area contributed by atoms with Crippen LogP contribution in [0.2, 0.25) is 0 Å². The van der Waals surface area contributed by atoms with Gasteiger partial charge in [-0.3, -0.25) is 9.59 Å². The topological polar surface area (TPSA) is 81.7 Å². The number of halogens is 2. The number of nitrogens with one attached hydrogen (secondary N) is 2. The van der Waals surface area contributed by atoms with Crippen LogP contribution in [-0.2, 0) is 9.59 Å². The molecule has 1 aromatic rings. The Morgan fingerprint density at radius 1 is 1.44 bits per heavy atom. The molecule has 0 aromatic heterocycles. The van der Waals surface area contributed by atoms with Crippen LogP contribution in [0.1, 0.15) is 12.0 Å². The minimum atomic E-state index is -0.496. The fourth-order valence-corrected chi connectivity index (χ4v) is 3.25. The second-order valence-electron chi connectivity index (χ2n) is 6.59. The lowest BCUT2D eigenvalue weighted by atomic mass is 10.0. The molecule has 25 heavy (non-hydrogen) atoms. The number of carbonyl (C=O) groups excluding carboxylic acids is 2. The van der Waals surface area contributed by atoms with Gasteiger partial charge in [-0.15, -0.1) is 12.4 Å². The molecule has 1 aromatic carbocycles. The number of aliphatic hydroxyl groups excluding tert-OH is 1. The highest BCUT2D eigenvalue weighted by molar-refractivity contribution is 6.00. The third-order valence-electron chi connectivity index (χ3n) is 4.73. The Bertz CT molecular complexity index is 658. The van der Waals surface area contributed by atoms with E-state index in [4.69, 9.17) is 0 Å². The molecule has 138 valence electrons. The van der Waals surface area contributed by atoms with Crippen LogP contribution in [-0.4, -0.2) is 49.2 Å². The maximum Gasteiger partial charge on any atom is 0.227 e. The lowest BCUT2D eigenvalue weighted by molar-refractivity contribution is -0.126. The van der Waals surface area contributed by atoms with Gasteiger partial charge in [0.2, 0.25) is 11.8 Å². The fourth-order valence-electron chi connectivity index (χ4n) is 3.25. The number of carbonyl (C=O) groups is 2. The first-order valence-corrected chi connectivity index (χ1v) is 8.18. The van der Waals surface area contributed by atoms with Crippen LogP contribution in [0.3, 0.4) is 0 Å². The monoisotopic (exact) mass is 371 g/mol. The summed E-state index contributed by atoms with van der Waals surface area (Å²) in [6.45, 7) is 3.52. The normalized spacial score (nSPS) is 25.8. The summed E-state index contributed by atoms with van der Waals surface area (Å²) in [4.78, 5) is 25.8. The van der Waals surface area contributed by atoms with E-state index in [-0.39, 0.29) is 48.8 Å². The largest absolute Gasteiger partial charge is 0.391 e. The molecule has 3 N–H and O–H groups in total. The second kappa shape index (κ2) is 8.12. The summed E-state index contributed by atoms with van der Waals surface area (Å²) < 4.78 is 14.1. The van der Waals surface area contributed by atoms with Gasteiger partial charge in [0, 0.05) is 38.5 Å². The number of rotatable bonds is 4. The van der Waals surface area contributed by atoms with Gasteiger partial charge in [-0.25, -0.2) is 4.39 Å². The SMILES string of the molecule is Cc1ccc(N2CC(C(=O)NCC3CNCC3O)CC2=O)c(F)c1.Cl. The minimum absolute atomic E-state index is 0. The van der Waals surface area contributed by atoms with Gasteiger partial charge in [0.1, 0.15) is 5.82 Å². The van der Waals surface area contributed by atoms with E-state index in [0.717, 1.165) is 5.56 Å². The van der Waals surface area contributed by atoms with Gasteiger partial charge >= 0.3 is 0 Å². The molecule has 3 atom stereocenters. The van der Waals surface area contributed by atoms with Crippen LogP contribution >= 0.6 is 12.4 Å². The van der Waals surface area contributed by atoms with Gasteiger partial charge in [0.15, 0.2) is 0 Å². The lowest BCUT2D eigenvalue weighted by Crippen LogP contribution is -2.38. The summed E-state index contributed by atoms with van der Waals surface area (Å²) in [5.41, 5.74) is 0.997. The van der Waals surface area contributed by atoms with E-state index in [0.29, 0.717) is 19.6 Å². The molecule has 0 spiro atoms. The predicted octanol–water partition coefficient (Wildman–Crippen LogP) is 0.605. The first-order valence-electron chi connectivity index (χ1n) is 8.18. The third kappa shape index (κ3) is 4.29. The molecule has 2 heterocycles. The smallest absolute Gasteiger partial charge is 0.227 e. The Hall–Kier alpha value is -1.70. The molecule has 0 radical (unpaired) electrons. The van der Waals surface area contributed by atoms with E-state index >= 15 is 0 Å². The van der Waals surface area contributed by atoms with Gasteiger partial charge in [-0.05, 0) is 24.6 Å². The summed E-state index contributed by atoms with van der Waals surface area (Å²) >= 11 is 0. The van der Waals surface area contributed by atoms with E-state index in [9.17, 15) is 19.1 Å². The highest BCUT2D eigenvalue weighted by atomic mass is 35.5. The average molecular weight is 372 g/mol. The number of aliphatic hydroxyl groups is 1. The van der Waals surface area contributed by atoms with Crippen molar-refractivity contribution in [3.05, 3.63) is 29.6 Å². The van der Waals surface area contributed by atoms with Gasteiger partial charge in [-0.1, -0.05) is 6.07 Å². The van der Waals surface area contributed by atoms with Crippen LogP contribution in [0.4, 0.5) is 10.1 Å². The highest BCUT2D eigenvalue weighted by Crippen LogP contribution is 2.28. The summed E-state index contributed by atoms with van der Waals surface area (Å²) in [6.07, 6.45) is -0.390. The number of nitrogens with zero attached hydrogens (tertiary/aromatic N) is 1. The first-order chi connectivity index (χ1) is 11.5. The maximum atomic E-state index is 14.1. The van der Waals surface area contributed by atoms with Crippen molar-refractivity contribution < 1.29 is 19.1 Å². The molecule has 2 aliphatic rings. The van der Waals surface area contributed by atoms with E-state index in [1.54, 1.807) is 19.1 Å². The number of benzene rings is 1. The number of hydrogen-bond acceptors (Lipinski definition) is 4. The van der Waals surface area contributed by atoms with Gasteiger partial charge in [-0.2, -0.15) is 0 Å². The second-order valence-corrected chi connectivity index (χ2v) is 6.59. The Balaban J connectivity index is 0.00000225. The van der Waals surface area contributed by atoms with Crippen LogP contribution in [0, 0.1) is 24.6 Å². The van der Waals surface area contributed by atoms with Crippen molar-refractivity contribution in [1.82, 2.24) is 10.6 Å². The van der Waals surface area contributed by atoms with Crippen molar-refractivity contribution in [3.8, 4) is 0 Å². The summed E-state index contributed by atoms with van der Waals surface area (Å²) in [6, 6.07) is 4.70. The third-order valence-corrected chi connectivity index (χ3v) is 4.73. The summed E-state index contributed by atoms with van der Waals surface area (Å²) in [5.74, 6) is -1.44. The Kier molecular flexibility index (Phi) is 6.37. The standard InChI is InChI=1S/C17H22FN3O3.ClH/c1-10-2-3-14(13(18)4-10)21-9-11(5-16(21)23)17(24)20-7-12-6-19-8-15(12)22;/h2-4,11-12,15,19,22H,5-9H2,1H3,(H,20,24);1H. The first kappa shape index (κ1) is 19.6. The van der Waals surface area contributed by atoms with Crippen molar-refractivity contribution in [2.75, 3.05) is 31.1 Å². The van der Waals surface area contributed by atoms with Crippen molar-refractivity contribution >= 4 is 29.9 Å². The van der Waals surface area contributed by atoms with Gasteiger partial charge in [0.25, 0.3) is 0 Å². The molecule has 8 heteroatoms. The molecule has 0 bridgehead atoms. The fraction of sp³-hybridized carbons (Fsp3) is 0.529. The van der Waals surface area contributed by atoms with Crippen LogP contribution in [0.25, 0.3) is 0 Å². The van der Waals surface area contributed by atoms with Crippen LogP contribution < -0.4 is 15.5 Å². The molecule has 2 aliphatic heterocycles. The molecular formula is C17H23ClFN3O3. The summed E-state index contributed by atoms with van der Waals surface area (Å²) in [5, 5.41) is 15.6. The zero-order chi connectivity index (χ0) is 17.3. The van der Waals surface area contributed by atoms with E-state index in [1.807, 2.05) is 0 Å². The number of β-amino-alcohol motifs (C(OH)–C–C–N with tert-alkyl or cyclic N) is 1. The van der Waals surface area contributed by atoms with Crippen LogP contribution in [0.15, 0.2) is 18.2 Å². The van der Waals surface area contributed by atoms with Crippen molar-refractivity contribution in [3.63, 3.8) is 0 Å². The molecule has 2 saturated heterocycles. The van der Waals surface area contributed by atoms with Crippen LogP contribution in [0.5, 0.6) is 0 Å². The molecule has 0 saturated carbocycles. The molecule has 0 aliphatic carbocycles. The molecule has 3 rings (SSSR count). The lowest BCUT2D eigenvalue weighted by Gasteiger charge is -2.18. The quantitative estimate of drug-likeness (QED) is 0.724. The Morgan fingerprint density at radius 3 is 2.84 bits per heavy atom. The molecule has 2 fully saturated rings. The number of anilines is 1. The molecular weight excluding hydrogens is 349 g/mol. The van der Waals surface area contributed by atoms with Gasteiger partial charge < -0.3 is 20.6 Å². The Morgan fingerprint density at radius 2 is 2.20 bits per heavy atom. The van der Waals surface area contributed by atoms with E-state index in [1.165, 1.54) is 11.0 Å². The number of hydrogen-bond donors (Lipinski definition) is 3. The Labute approximate surface area is 152 Å².